The van der Waals surface area contributed by atoms with Gasteiger partial charge in [0.2, 0.25) is 0 Å². The Morgan fingerprint density at radius 3 is 2.71 bits per heavy atom. The number of pyridine rings is 1. The molecule has 2 aliphatic rings. The van der Waals surface area contributed by atoms with Crippen molar-refractivity contribution in [2.45, 2.75) is 43.8 Å². The van der Waals surface area contributed by atoms with Gasteiger partial charge < -0.3 is 24.3 Å². The van der Waals surface area contributed by atoms with Crippen LogP contribution in [0.4, 0.5) is 5.69 Å². The minimum Gasteiger partial charge on any atom is -0.490 e. The molecule has 0 amide bonds. The molecule has 3 heterocycles. The third-order valence-corrected chi connectivity index (χ3v) is 7.28. The summed E-state index contributed by atoms with van der Waals surface area (Å²) in [4.78, 5) is 6.84. The van der Waals surface area contributed by atoms with Crippen molar-refractivity contribution in [2.24, 2.45) is 0 Å². The SMILES string of the molecule is COCCOc1ccc(N2C(=S)N[C@@H](c3ccccn3)[C@@H]2c2cccn2C2CCCC2)cc1Cl. The highest BCUT2D eigenvalue weighted by Crippen LogP contribution is 2.44. The average molecular weight is 497 g/mol. The first kappa shape index (κ1) is 23.1. The molecule has 1 aromatic carbocycles. The van der Waals surface area contributed by atoms with Gasteiger partial charge in [0, 0.05) is 36.9 Å². The summed E-state index contributed by atoms with van der Waals surface area (Å²) in [6.07, 6.45) is 9.01. The largest absolute Gasteiger partial charge is 0.490 e. The van der Waals surface area contributed by atoms with Gasteiger partial charge in [-0.05, 0) is 67.5 Å². The Labute approximate surface area is 210 Å². The molecule has 1 N–H and O–H groups in total. The van der Waals surface area contributed by atoms with Crippen molar-refractivity contribution in [1.82, 2.24) is 14.9 Å². The molecule has 0 radical (unpaired) electrons. The number of ether oxygens (including phenoxy) is 2. The Hall–Kier alpha value is -2.61. The van der Waals surface area contributed by atoms with Crippen LogP contribution in [0.2, 0.25) is 5.02 Å². The van der Waals surface area contributed by atoms with E-state index in [2.05, 4.69) is 44.2 Å². The molecule has 0 spiro atoms. The van der Waals surface area contributed by atoms with E-state index >= 15 is 0 Å². The normalized spacial score (nSPS) is 20.6. The van der Waals surface area contributed by atoms with E-state index in [-0.39, 0.29) is 12.1 Å². The molecule has 0 bridgehead atoms. The Balaban J connectivity index is 1.54. The first-order valence-corrected chi connectivity index (χ1v) is 12.5. The number of thiocarbonyl (C=S) groups is 1. The van der Waals surface area contributed by atoms with Crippen LogP contribution in [0, 0.1) is 0 Å². The quantitative estimate of drug-likeness (QED) is 0.311. The lowest BCUT2D eigenvalue weighted by atomic mass is 10.00. The predicted molar refractivity (Wildman–Crippen MR) is 139 cm³/mol. The number of nitrogens with zero attached hydrogens (tertiary/aromatic N) is 3. The number of halogens is 1. The van der Waals surface area contributed by atoms with Crippen LogP contribution in [0.3, 0.4) is 0 Å². The van der Waals surface area contributed by atoms with Gasteiger partial charge in [0.25, 0.3) is 0 Å². The van der Waals surface area contributed by atoms with Crippen molar-refractivity contribution in [2.75, 3.05) is 25.2 Å². The van der Waals surface area contributed by atoms with Crippen LogP contribution >= 0.6 is 23.8 Å². The second-order valence-electron chi connectivity index (χ2n) is 8.73. The number of benzene rings is 1. The van der Waals surface area contributed by atoms with Crippen molar-refractivity contribution in [3.8, 4) is 5.75 Å². The summed E-state index contributed by atoms with van der Waals surface area (Å²) in [5.74, 6) is 0.632. The van der Waals surface area contributed by atoms with Crippen molar-refractivity contribution < 1.29 is 9.47 Å². The molecular formula is C26H29ClN4O2S. The zero-order chi connectivity index (χ0) is 23.5. The van der Waals surface area contributed by atoms with Gasteiger partial charge in [-0.2, -0.15) is 0 Å². The van der Waals surface area contributed by atoms with Crippen LogP contribution in [0.25, 0.3) is 0 Å². The van der Waals surface area contributed by atoms with E-state index in [1.807, 2.05) is 36.5 Å². The number of anilines is 1. The molecule has 34 heavy (non-hydrogen) atoms. The van der Waals surface area contributed by atoms with Gasteiger partial charge in [0.15, 0.2) is 5.11 Å². The molecule has 1 aliphatic carbocycles. The number of methoxy groups -OCH3 is 1. The summed E-state index contributed by atoms with van der Waals surface area (Å²) in [5, 5.41) is 4.74. The van der Waals surface area contributed by atoms with Crippen LogP contribution < -0.4 is 15.0 Å². The molecule has 1 saturated heterocycles. The van der Waals surface area contributed by atoms with E-state index < -0.39 is 0 Å². The summed E-state index contributed by atoms with van der Waals surface area (Å²) in [6, 6.07) is 16.6. The van der Waals surface area contributed by atoms with Crippen molar-refractivity contribution in [3.05, 3.63) is 77.3 Å². The number of nitrogens with one attached hydrogen (secondary N) is 1. The highest BCUT2D eigenvalue weighted by molar-refractivity contribution is 7.80. The summed E-state index contributed by atoms with van der Waals surface area (Å²) < 4.78 is 13.3. The zero-order valence-corrected chi connectivity index (χ0v) is 20.8. The average Bonchev–Trinajstić information content (AvgIpc) is 3.60. The maximum Gasteiger partial charge on any atom is 0.174 e. The fourth-order valence-electron chi connectivity index (χ4n) is 5.10. The van der Waals surface area contributed by atoms with E-state index in [1.54, 1.807) is 7.11 Å². The van der Waals surface area contributed by atoms with Gasteiger partial charge in [-0.15, -0.1) is 0 Å². The van der Waals surface area contributed by atoms with Crippen molar-refractivity contribution in [1.29, 1.82) is 0 Å². The third kappa shape index (κ3) is 4.52. The highest BCUT2D eigenvalue weighted by Gasteiger charge is 2.42. The molecule has 1 aliphatic heterocycles. The van der Waals surface area contributed by atoms with Crippen molar-refractivity contribution in [3.63, 3.8) is 0 Å². The summed E-state index contributed by atoms with van der Waals surface area (Å²) in [6.45, 7) is 0.947. The van der Waals surface area contributed by atoms with Gasteiger partial charge >= 0.3 is 0 Å². The van der Waals surface area contributed by atoms with Gasteiger partial charge in [-0.25, -0.2) is 0 Å². The van der Waals surface area contributed by atoms with E-state index in [4.69, 9.17) is 33.3 Å². The Morgan fingerprint density at radius 2 is 1.97 bits per heavy atom. The Bertz CT molecular complexity index is 1130. The van der Waals surface area contributed by atoms with Gasteiger partial charge in [-0.3, -0.25) is 4.98 Å². The second kappa shape index (κ2) is 10.3. The molecule has 5 rings (SSSR count). The lowest BCUT2D eigenvalue weighted by molar-refractivity contribution is 0.146. The third-order valence-electron chi connectivity index (χ3n) is 6.67. The Kier molecular flexibility index (Phi) is 7.04. The molecule has 2 fully saturated rings. The van der Waals surface area contributed by atoms with Crippen LogP contribution in [0.15, 0.2) is 60.9 Å². The molecule has 2 atom stereocenters. The van der Waals surface area contributed by atoms with E-state index in [1.165, 1.54) is 31.4 Å². The van der Waals surface area contributed by atoms with E-state index in [0.717, 1.165) is 11.4 Å². The first-order chi connectivity index (χ1) is 16.7. The van der Waals surface area contributed by atoms with Gasteiger partial charge in [0.05, 0.1) is 23.4 Å². The fraction of sp³-hybridized carbons (Fsp3) is 0.385. The summed E-state index contributed by atoms with van der Waals surface area (Å²) in [7, 11) is 1.65. The fourth-order valence-corrected chi connectivity index (χ4v) is 5.67. The number of rotatable bonds is 8. The molecule has 178 valence electrons. The lowest BCUT2D eigenvalue weighted by Gasteiger charge is -2.30. The smallest absolute Gasteiger partial charge is 0.174 e. The van der Waals surface area contributed by atoms with E-state index in [0.29, 0.717) is 35.1 Å². The molecule has 1 saturated carbocycles. The highest BCUT2D eigenvalue weighted by atomic mass is 35.5. The molecular weight excluding hydrogens is 468 g/mol. The van der Waals surface area contributed by atoms with Crippen LogP contribution in [0.1, 0.15) is 55.2 Å². The maximum absolute atomic E-state index is 6.62. The summed E-state index contributed by atoms with van der Waals surface area (Å²) in [5.41, 5.74) is 3.11. The minimum atomic E-state index is -0.0832. The monoisotopic (exact) mass is 496 g/mol. The van der Waals surface area contributed by atoms with Gasteiger partial charge in [-0.1, -0.05) is 30.5 Å². The van der Waals surface area contributed by atoms with Gasteiger partial charge in [0.1, 0.15) is 18.4 Å². The predicted octanol–water partition coefficient (Wildman–Crippen LogP) is 5.85. The van der Waals surface area contributed by atoms with E-state index in [9.17, 15) is 0 Å². The lowest BCUT2D eigenvalue weighted by Crippen LogP contribution is -2.30. The number of aromatic nitrogens is 2. The zero-order valence-electron chi connectivity index (χ0n) is 19.2. The summed E-state index contributed by atoms with van der Waals surface area (Å²) >= 11 is 12.5. The Morgan fingerprint density at radius 1 is 1.12 bits per heavy atom. The molecule has 6 nitrogen and oxygen atoms in total. The van der Waals surface area contributed by atoms with Crippen molar-refractivity contribution >= 4 is 34.6 Å². The molecule has 3 aromatic rings. The molecule has 8 heteroatoms. The van der Waals surface area contributed by atoms with Crippen LogP contribution in [-0.4, -0.2) is 35.0 Å². The molecule has 2 aromatic heterocycles. The van der Waals surface area contributed by atoms with Crippen LogP contribution in [0.5, 0.6) is 5.75 Å². The standard InChI is InChI=1S/C26H29ClN4O2S/c1-32-15-16-33-23-12-11-19(17-20(23)27)31-25(22-10-6-14-30(22)18-7-2-3-8-18)24(29-26(31)34)21-9-4-5-13-28-21/h4-6,9-14,17-18,24-25H,2-3,7-8,15-16H2,1H3,(H,29,34)/t24-,25-/m0/s1. The van der Waals surface area contributed by atoms with Crippen LogP contribution in [-0.2, 0) is 4.74 Å². The maximum atomic E-state index is 6.62. The topological polar surface area (TPSA) is 51.6 Å². The number of hydrogen-bond acceptors (Lipinski definition) is 4. The molecule has 0 unspecified atom stereocenters. The first-order valence-electron chi connectivity index (χ1n) is 11.8. The number of hydrogen-bond donors (Lipinski definition) is 1. The second-order valence-corrected chi connectivity index (χ2v) is 9.53. The minimum absolute atomic E-state index is 0.0608.